The minimum absolute atomic E-state index is 0.772. The summed E-state index contributed by atoms with van der Waals surface area (Å²) in [5.41, 5.74) is 2.70. The number of benzene rings is 1. The van der Waals surface area contributed by atoms with Crippen LogP contribution in [-0.4, -0.2) is 7.11 Å². The van der Waals surface area contributed by atoms with Crippen molar-refractivity contribution < 1.29 is 4.74 Å². The van der Waals surface area contributed by atoms with Gasteiger partial charge in [-0.15, -0.1) is 0 Å². The lowest BCUT2D eigenvalue weighted by Gasteiger charge is -2.22. The molecule has 1 fully saturated rings. The average molecular weight is 234 g/mol. The first-order valence-electron chi connectivity index (χ1n) is 6.96. The molecule has 17 heavy (non-hydrogen) atoms. The highest BCUT2D eigenvalue weighted by Crippen LogP contribution is 2.34. The highest BCUT2D eigenvalue weighted by molar-refractivity contribution is 5.38. The van der Waals surface area contributed by atoms with Gasteiger partial charge in [0.2, 0.25) is 0 Å². The zero-order valence-corrected chi connectivity index (χ0v) is 11.8. The molecule has 0 radical (unpaired) electrons. The third kappa shape index (κ3) is 3.76. The lowest BCUT2D eigenvalue weighted by atomic mass is 9.84. The molecule has 1 saturated carbocycles. The Morgan fingerprint density at radius 2 is 1.71 bits per heavy atom. The molecule has 0 unspecified atom stereocenters. The summed E-state index contributed by atoms with van der Waals surface area (Å²) < 4.78 is 5.38. The quantitative estimate of drug-likeness (QED) is 0.693. The van der Waals surface area contributed by atoms with Gasteiger partial charge in [0.25, 0.3) is 0 Å². The molecule has 0 atom stereocenters. The second kappa shape index (κ2) is 7.37. The standard InChI is InChI=1S/C14H20O.C2H6/c1-11-8-9-13(10-14(11)15-2)12-6-4-3-5-7-12;1-2/h8-10,12H,3-7H2,1-2H3;1-2H3. The van der Waals surface area contributed by atoms with E-state index >= 15 is 0 Å². The summed E-state index contributed by atoms with van der Waals surface area (Å²) in [4.78, 5) is 0. The molecule has 0 aromatic heterocycles. The predicted molar refractivity (Wildman–Crippen MR) is 74.9 cm³/mol. The summed E-state index contributed by atoms with van der Waals surface area (Å²) in [5, 5.41) is 0. The van der Waals surface area contributed by atoms with Gasteiger partial charge in [-0.05, 0) is 42.9 Å². The van der Waals surface area contributed by atoms with E-state index in [1.807, 2.05) is 13.8 Å². The molecule has 0 spiro atoms. The second-order valence-electron chi connectivity index (χ2n) is 4.56. The van der Waals surface area contributed by atoms with Crippen LogP contribution < -0.4 is 4.74 Å². The van der Waals surface area contributed by atoms with Gasteiger partial charge in [-0.1, -0.05) is 45.2 Å². The number of hydrogen-bond acceptors (Lipinski definition) is 1. The van der Waals surface area contributed by atoms with E-state index in [4.69, 9.17) is 4.74 Å². The maximum absolute atomic E-state index is 5.38. The summed E-state index contributed by atoms with van der Waals surface area (Å²) in [6.07, 6.45) is 6.90. The first kappa shape index (κ1) is 14.1. The molecule has 1 aliphatic rings. The Hall–Kier alpha value is -0.980. The predicted octanol–water partition coefficient (Wildman–Crippen LogP) is 5.08. The molecule has 1 heteroatoms. The SMILES string of the molecule is CC.COc1cc(C2CCCCC2)ccc1C. The van der Waals surface area contributed by atoms with Crippen LogP contribution in [0.5, 0.6) is 5.75 Å². The first-order valence-corrected chi connectivity index (χ1v) is 6.96. The average Bonchev–Trinajstić information content (AvgIpc) is 2.42. The zero-order valence-electron chi connectivity index (χ0n) is 11.8. The summed E-state index contributed by atoms with van der Waals surface area (Å²) in [6.45, 7) is 6.10. The van der Waals surface area contributed by atoms with Crippen molar-refractivity contribution in [3.05, 3.63) is 29.3 Å². The Balaban J connectivity index is 0.000000686. The summed E-state index contributed by atoms with van der Waals surface area (Å²) >= 11 is 0. The molecule has 96 valence electrons. The van der Waals surface area contributed by atoms with E-state index in [2.05, 4.69) is 25.1 Å². The van der Waals surface area contributed by atoms with E-state index in [9.17, 15) is 0 Å². The molecule has 1 nitrogen and oxygen atoms in total. The highest BCUT2D eigenvalue weighted by atomic mass is 16.5. The van der Waals surface area contributed by atoms with Gasteiger partial charge >= 0.3 is 0 Å². The fraction of sp³-hybridized carbons (Fsp3) is 0.625. The minimum Gasteiger partial charge on any atom is -0.496 e. The van der Waals surface area contributed by atoms with Crippen LogP contribution in [0.15, 0.2) is 18.2 Å². The van der Waals surface area contributed by atoms with Crippen LogP contribution in [0.2, 0.25) is 0 Å². The van der Waals surface area contributed by atoms with Crippen molar-refractivity contribution in [3.63, 3.8) is 0 Å². The van der Waals surface area contributed by atoms with E-state index in [1.165, 1.54) is 43.2 Å². The van der Waals surface area contributed by atoms with Crippen LogP contribution >= 0.6 is 0 Å². The number of ether oxygens (including phenoxy) is 1. The van der Waals surface area contributed by atoms with E-state index in [0.717, 1.165) is 11.7 Å². The number of rotatable bonds is 2. The van der Waals surface area contributed by atoms with Crippen molar-refractivity contribution in [3.8, 4) is 5.75 Å². The van der Waals surface area contributed by atoms with Gasteiger partial charge in [-0.25, -0.2) is 0 Å². The lowest BCUT2D eigenvalue weighted by molar-refractivity contribution is 0.407. The smallest absolute Gasteiger partial charge is 0.122 e. The minimum atomic E-state index is 0.772. The molecule has 0 aliphatic heterocycles. The van der Waals surface area contributed by atoms with Crippen molar-refractivity contribution in [2.45, 2.75) is 58.8 Å². The van der Waals surface area contributed by atoms with Crippen LogP contribution in [0.3, 0.4) is 0 Å². The van der Waals surface area contributed by atoms with Crippen LogP contribution in [0.4, 0.5) is 0 Å². The number of aryl methyl sites for hydroxylation is 1. The molecule has 0 N–H and O–H groups in total. The van der Waals surface area contributed by atoms with Crippen LogP contribution in [0.1, 0.15) is 63.0 Å². The summed E-state index contributed by atoms with van der Waals surface area (Å²) in [5.74, 6) is 1.81. The van der Waals surface area contributed by atoms with Crippen molar-refractivity contribution in [1.29, 1.82) is 0 Å². The van der Waals surface area contributed by atoms with E-state index < -0.39 is 0 Å². The molecule has 2 rings (SSSR count). The van der Waals surface area contributed by atoms with Gasteiger partial charge in [0.15, 0.2) is 0 Å². The zero-order chi connectivity index (χ0) is 12.7. The fourth-order valence-electron chi connectivity index (χ4n) is 2.53. The largest absolute Gasteiger partial charge is 0.496 e. The molecule has 1 aromatic rings. The van der Waals surface area contributed by atoms with E-state index in [0.29, 0.717) is 0 Å². The Bertz CT molecular complexity index is 324. The maximum atomic E-state index is 5.38. The number of methoxy groups -OCH3 is 1. The van der Waals surface area contributed by atoms with Crippen molar-refractivity contribution in [1.82, 2.24) is 0 Å². The molecule has 0 bridgehead atoms. The van der Waals surface area contributed by atoms with Crippen LogP contribution in [0, 0.1) is 6.92 Å². The van der Waals surface area contributed by atoms with Gasteiger partial charge in [0, 0.05) is 0 Å². The van der Waals surface area contributed by atoms with Gasteiger partial charge in [-0.2, -0.15) is 0 Å². The topological polar surface area (TPSA) is 9.23 Å². The molecule has 0 heterocycles. The molecule has 1 aliphatic carbocycles. The van der Waals surface area contributed by atoms with Gasteiger partial charge in [0.05, 0.1) is 7.11 Å². The molecular weight excluding hydrogens is 208 g/mol. The Morgan fingerprint density at radius 1 is 1.06 bits per heavy atom. The van der Waals surface area contributed by atoms with Gasteiger partial charge in [0.1, 0.15) is 5.75 Å². The summed E-state index contributed by atoms with van der Waals surface area (Å²) in [6, 6.07) is 6.68. The van der Waals surface area contributed by atoms with Gasteiger partial charge in [-0.3, -0.25) is 0 Å². The summed E-state index contributed by atoms with van der Waals surface area (Å²) in [7, 11) is 1.76. The normalized spacial score (nSPS) is 16.0. The lowest BCUT2D eigenvalue weighted by Crippen LogP contribution is -2.04. The third-order valence-electron chi connectivity index (χ3n) is 3.51. The van der Waals surface area contributed by atoms with E-state index in [1.54, 1.807) is 7.11 Å². The second-order valence-corrected chi connectivity index (χ2v) is 4.56. The fourth-order valence-corrected chi connectivity index (χ4v) is 2.53. The molecule has 1 aromatic carbocycles. The van der Waals surface area contributed by atoms with Crippen molar-refractivity contribution >= 4 is 0 Å². The molecule has 0 saturated heterocycles. The van der Waals surface area contributed by atoms with E-state index in [-0.39, 0.29) is 0 Å². The van der Waals surface area contributed by atoms with Gasteiger partial charge < -0.3 is 4.74 Å². The van der Waals surface area contributed by atoms with Crippen molar-refractivity contribution in [2.24, 2.45) is 0 Å². The monoisotopic (exact) mass is 234 g/mol. The molecular formula is C16H26O. The first-order chi connectivity index (χ1) is 8.31. The van der Waals surface area contributed by atoms with Crippen LogP contribution in [-0.2, 0) is 0 Å². The Morgan fingerprint density at radius 3 is 2.29 bits per heavy atom. The third-order valence-corrected chi connectivity index (χ3v) is 3.51. The maximum Gasteiger partial charge on any atom is 0.122 e. The highest BCUT2D eigenvalue weighted by Gasteiger charge is 2.16. The molecule has 0 amide bonds. The Kier molecular flexibility index (Phi) is 6.10. The van der Waals surface area contributed by atoms with Crippen LogP contribution in [0.25, 0.3) is 0 Å². The number of hydrogen-bond donors (Lipinski definition) is 0. The Labute approximate surface area is 106 Å². The van der Waals surface area contributed by atoms with Crippen molar-refractivity contribution in [2.75, 3.05) is 7.11 Å².